The van der Waals surface area contributed by atoms with Crippen molar-refractivity contribution in [2.45, 2.75) is 52.7 Å². The molecule has 4 aromatic rings. The fourth-order valence-corrected chi connectivity index (χ4v) is 3.87. The van der Waals surface area contributed by atoms with Gasteiger partial charge in [-0.25, -0.2) is 9.59 Å². The Balaban J connectivity index is 0.000000266. The zero-order valence-electron chi connectivity index (χ0n) is 28.2. The molecule has 15 nitrogen and oxygen atoms in total. The van der Waals surface area contributed by atoms with Crippen molar-refractivity contribution in [3.8, 4) is 40.5 Å². The highest BCUT2D eigenvalue weighted by atomic mass is 16.6. The van der Waals surface area contributed by atoms with Crippen LogP contribution < -0.4 is 25.8 Å². The molecule has 15 heteroatoms. The largest absolute Gasteiger partial charge is 0.473 e. The van der Waals surface area contributed by atoms with Gasteiger partial charge in [0.25, 0.3) is 17.7 Å². The normalized spacial score (nSPS) is 10.9. The molecule has 0 aliphatic heterocycles. The number of hydrogen-bond acceptors (Lipinski definition) is 12. The van der Waals surface area contributed by atoms with E-state index >= 15 is 0 Å². The van der Waals surface area contributed by atoms with Crippen LogP contribution in [0.25, 0.3) is 22.6 Å². The zero-order valence-corrected chi connectivity index (χ0v) is 28.2. The number of nitrogens with zero attached hydrogens (tertiary/aromatic N) is 3. The van der Waals surface area contributed by atoms with Crippen molar-refractivity contribution in [1.29, 1.82) is 5.26 Å². The van der Waals surface area contributed by atoms with Crippen molar-refractivity contribution in [1.82, 2.24) is 20.9 Å². The second-order valence-electron chi connectivity index (χ2n) is 12.1. The monoisotopic (exact) mass is 676 g/mol. The third-order valence-corrected chi connectivity index (χ3v) is 5.77. The van der Waals surface area contributed by atoms with Gasteiger partial charge in [0, 0.05) is 11.1 Å². The third-order valence-electron chi connectivity index (χ3n) is 5.77. The molecule has 0 saturated heterocycles. The molecule has 4 rings (SSSR count). The molecule has 0 radical (unpaired) electrons. The van der Waals surface area contributed by atoms with E-state index in [1.807, 2.05) is 42.5 Å². The predicted molar refractivity (Wildman–Crippen MR) is 177 cm³/mol. The lowest BCUT2D eigenvalue weighted by molar-refractivity contribution is 0.0508. The van der Waals surface area contributed by atoms with Gasteiger partial charge in [0.2, 0.25) is 0 Å². The lowest BCUT2D eigenvalue weighted by Gasteiger charge is -2.19. The smallest absolute Gasteiger partial charge is 0.407 e. The molecular formula is C34H40N6O9. The number of nitrogens with one attached hydrogen (secondary N) is 2. The van der Waals surface area contributed by atoms with Crippen LogP contribution in [0.4, 0.5) is 9.59 Å². The SMILES string of the molecule is CC(C)(C)OC(=O)NCCOc1noc(-c2ccccc2)c1C#N.CC(C)(C)OC(=O)NCCOc1noc(-c2ccccc2)c1C(N)=O. The van der Waals surface area contributed by atoms with E-state index in [1.54, 1.807) is 65.8 Å². The van der Waals surface area contributed by atoms with Gasteiger partial charge >= 0.3 is 12.2 Å². The number of nitrogens with two attached hydrogens (primary N) is 1. The van der Waals surface area contributed by atoms with Crippen molar-refractivity contribution < 1.29 is 42.4 Å². The molecule has 2 heterocycles. The fourth-order valence-electron chi connectivity index (χ4n) is 3.87. The molecule has 0 atom stereocenters. The Bertz CT molecular complexity index is 1720. The summed E-state index contributed by atoms with van der Waals surface area (Å²) in [6, 6.07) is 20.2. The molecule has 0 aliphatic carbocycles. The maximum Gasteiger partial charge on any atom is 0.407 e. The Kier molecular flexibility index (Phi) is 13.1. The molecule has 0 bridgehead atoms. The van der Waals surface area contributed by atoms with Crippen LogP contribution in [0.5, 0.6) is 11.8 Å². The first-order valence-corrected chi connectivity index (χ1v) is 15.2. The van der Waals surface area contributed by atoms with Crippen molar-refractivity contribution in [2.24, 2.45) is 5.73 Å². The fraction of sp³-hybridized carbons (Fsp3) is 0.353. The molecule has 0 spiro atoms. The average molecular weight is 677 g/mol. The van der Waals surface area contributed by atoms with E-state index in [0.717, 1.165) is 5.56 Å². The highest BCUT2D eigenvalue weighted by molar-refractivity contribution is 6.00. The van der Waals surface area contributed by atoms with Crippen LogP contribution in [0, 0.1) is 11.3 Å². The summed E-state index contributed by atoms with van der Waals surface area (Å²) in [4.78, 5) is 34.8. The molecule has 0 aliphatic rings. The first-order valence-electron chi connectivity index (χ1n) is 15.2. The quantitative estimate of drug-likeness (QED) is 0.169. The van der Waals surface area contributed by atoms with Crippen LogP contribution in [0.3, 0.4) is 0 Å². The van der Waals surface area contributed by atoms with Gasteiger partial charge < -0.3 is 44.4 Å². The molecule has 0 unspecified atom stereocenters. The Hall–Kier alpha value is -6.04. The highest BCUT2D eigenvalue weighted by Gasteiger charge is 2.24. The summed E-state index contributed by atoms with van der Waals surface area (Å²) in [5.41, 5.74) is 5.94. The lowest BCUT2D eigenvalue weighted by atomic mass is 10.1. The minimum atomic E-state index is -0.713. The summed E-state index contributed by atoms with van der Waals surface area (Å²) in [5, 5.41) is 21.9. The van der Waals surface area contributed by atoms with Gasteiger partial charge in [0.15, 0.2) is 22.6 Å². The standard InChI is InChI=1S/C17H21N3O5.C17H19N3O4/c1-17(2,3)24-16(22)19-9-10-23-15-12(14(18)21)13(25-20-15)11-7-5-4-6-8-11;1-17(2,3)23-16(21)19-9-10-22-15-13(11-18)14(24-20-15)12-7-5-4-6-8-12/h4-8H,9-10H2,1-3H3,(H2,18,21)(H,19,22);4-8H,9-10H2,1-3H3,(H,19,21). The van der Waals surface area contributed by atoms with Gasteiger partial charge in [-0.15, -0.1) is 0 Å². The second-order valence-corrected chi connectivity index (χ2v) is 12.1. The Morgan fingerprint density at radius 1 is 0.735 bits per heavy atom. The highest BCUT2D eigenvalue weighted by Crippen LogP contribution is 2.31. The van der Waals surface area contributed by atoms with Crippen LogP contribution in [0.1, 0.15) is 57.5 Å². The van der Waals surface area contributed by atoms with Gasteiger partial charge in [-0.2, -0.15) is 5.26 Å². The van der Waals surface area contributed by atoms with E-state index in [0.29, 0.717) is 11.3 Å². The maximum absolute atomic E-state index is 11.7. The first kappa shape index (κ1) is 37.4. The number of carbonyl (C=O) groups is 3. The van der Waals surface area contributed by atoms with Crippen molar-refractivity contribution in [3.63, 3.8) is 0 Å². The number of ether oxygens (including phenoxy) is 4. The third kappa shape index (κ3) is 12.2. The Morgan fingerprint density at radius 3 is 1.61 bits per heavy atom. The maximum atomic E-state index is 11.7. The number of primary amides is 1. The summed E-state index contributed by atoms with van der Waals surface area (Å²) in [7, 11) is 0. The number of aromatic nitrogens is 2. The summed E-state index contributed by atoms with van der Waals surface area (Å²) >= 11 is 0. The molecule has 0 saturated carbocycles. The zero-order chi connectivity index (χ0) is 36.0. The summed E-state index contributed by atoms with van der Waals surface area (Å²) in [5.74, 6) is -0.0358. The first-order chi connectivity index (χ1) is 23.2. The molecule has 3 amide bonds. The molecule has 4 N–H and O–H groups in total. The Labute approximate surface area is 283 Å². The minimum Gasteiger partial charge on any atom is -0.473 e. The van der Waals surface area contributed by atoms with Gasteiger partial charge in [-0.3, -0.25) is 4.79 Å². The second kappa shape index (κ2) is 17.2. The number of hydrogen-bond donors (Lipinski definition) is 3. The number of rotatable bonds is 11. The molecule has 0 fully saturated rings. The lowest BCUT2D eigenvalue weighted by Crippen LogP contribution is -2.34. The van der Waals surface area contributed by atoms with E-state index in [4.69, 9.17) is 33.7 Å². The van der Waals surface area contributed by atoms with E-state index in [-0.39, 0.29) is 55.0 Å². The Morgan fingerprint density at radius 2 is 1.16 bits per heavy atom. The number of carbonyl (C=O) groups excluding carboxylic acids is 3. The predicted octanol–water partition coefficient (Wildman–Crippen LogP) is 5.46. The van der Waals surface area contributed by atoms with E-state index < -0.39 is 29.3 Å². The number of benzene rings is 2. The van der Waals surface area contributed by atoms with Crippen molar-refractivity contribution >= 4 is 18.1 Å². The van der Waals surface area contributed by atoms with Crippen LogP contribution >= 0.6 is 0 Å². The van der Waals surface area contributed by atoms with Crippen molar-refractivity contribution in [2.75, 3.05) is 26.3 Å². The van der Waals surface area contributed by atoms with Gasteiger partial charge in [0.05, 0.1) is 13.1 Å². The number of alkyl carbamates (subject to hydrolysis) is 2. The van der Waals surface area contributed by atoms with Gasteiger partial charge in [0.1, 0.15) is 30.5 Å². The van der Waals surface area contributed by atoms with Gasteiger partial charge in [-0.1, -0.05) is 60.7 Å². The van der Waals surface area contributed by atoms with Crippen molar-refractivity contribution in [3.05, 3.63) is 71.8 Å². The van der Waals surface area contributed by atoms with Crippen LogP contribution in [0.2, 0.25) is 0 Å². The van der Waals surface area contributed by atoms with E-state index in [9.17, 15) is 19.6 Å². The van der Waals surface area contributed by atoms with Gasteiger partial charge in [-0.05, 0) is 51.9 Å². The number of nitriles is 1. The minimum absolute atomic E-state index is 0.0164. The summed E-state index contributed by atoms with van der Waals surface area (Å²) in [6.07, 6.45) is -1.09. The molecule has 260 valence electrons. The number of amides is 3. The topological polar surface area (TPSA) is 214 Å². The summed E-state index contributed by atoms with van der Waals surface area (Å²) < 4.78 is 31.4. The molecule has 2 aromatic carbocycles. The van der Waals surface area contributed by atoms with Crippen LogP contribution in [-0.2, 0) is 9.47 Å². The average Bonchev–Trinajstić information content (AvgIpc) is 3.65. The molecule has 2 aromatic heterocycles. The summed E-state index contributed by atoms with van der Waals surface area (Å²) in [6.45, 7) is 11.2. The van der Waals surface area contributed by atoms with E-state index in [1.165, 1.54) is 0 Å². The molecular weight excluding hydrogens is 636 g/mol. The van der Waals surface area contributed by atoms with E-state index in [2.05, 4.69) is 20.9 Å². The molecule has 49 heavy (non-hydrogen) atoms. The van der Waals surface area contributed by atoms with Crippen LogP contribution in [-0.4, -0.2) is 65.9 Å². The van der Waals surface area contributed by atoms with Crippen LogP contribution in [0.15, 0.2) is 69.7 Å².